The molecule has 0 fully saturated rings. The fourth-order valence-electron chi connectivity index (χ4n) is 2.32. The molecule has 116 valence electrons. The average Bonchev–Trinajstić information content (AvgIpc) is 2.56. The van der Waals surface area contributed by atoms with Crippen molar-refractivity contribution in [2.24, 2.45) is 0 Å². The summed E-state index contributed by atoms with van der Waals surface area (Å²) in [4.78, 5) is 2.08. The standard InChI is InChI=1S/C19H23NO2/c1-20(2)17-10-6-15(7-11-17)19(5-4-14-21)16-8-12-18(22-3)13-9-16/h5-13,21H,4,14H2,1-3H3/b19-5-. The van der Waals surface area contributed by atoms with E-state index in [1.165, 1.54) is 5.69 Å². The van der Waals surface area contributed by atoms with Gasteiger partial charge in [-0.25, -0.2) is 0 Å². The third-order valence-electron chi connectivity index (χ3n) is 3.57. The molecule has 0 heterocycles. The first-order valence-electron chi connectivity index (χ1n) is 7.39. The van der Waals surface area contributed by atoms with Gasteiger partial charge in [0.25, 0.3) is 0 Å². The number of hydrogen-bond donors (Lipinski definition) is 1. The summed E-state index contributed by atoms with van der Waals surface area (Å²) in [6, 6.07) is 16.4. The molecule has 3 heteroatoms. The highest BCUT2D eigenvalue weighted by Gasteiger charge is 2.06. The van der Waals surface area contributed by atoms with Gasteiger partial charge in [0, 0.05) is 26.4 Å². The number of benzene rings is 2. The van der Waals surface area contributed by atoms with Crippen molar-refractivity contribution in [3.8, 4) is 5.75 Å². The van der Waals surface area contributed by atoms with E-state index in [0.29, 0.717) is 6.42 Å². The molecule has 0 saturated heterocycles. The molecule has 0 spiro atoms. The summed E-state index contributed by atoms with van der Waals surface area (Å²) >= 11 is 0. The van der Waals surface area contributed by atoms with Gasteiger partial charge in [0.2, 0.25) is 0 Å². The van der Waals surface area contributed by atoms with Crippen LogP contribution >= 0.6 is 0 Å². The van der Waals surface area contributed by atoms with E-state index in [4.69, 9.17) is 9.84 Å². The molecule has 0 aromatic heterocycles. The highest BCUT2D eigenvalue weighted by atomic mass is 16.5. The van der Waals surface area contributed by atoms with E-state index in [9.17, 15) is 0 Å². The van der Waals surface area contributed by atoms with E-state index in [2.05, 4.69) is 35.2 Å². The number of hydrogen-bond acceptors (Lipinski definition) is 3. The first-order chi connectivity index (χ1) is 10.7. The Morgan fingerprint density at radius 2 is 1.55 bits per heavy atom. The molecule has 0 bridgehead atoms. The minimum atomic E-state index is 0.148. The molecule has 0 amide bonds. The minimum Gasteiger partial charge on any atom is -0.497 e. The van der Waals surface area contributed by atoms with Gasteiger partial charge in [0.05, 0.1) is 7.11 Å². The Morgan fingerprint density at radius 3 is 2.00 bits per heavy atom. The van der Waals surface area contributed by atoms with Crippen molar-refractivity contribution in [3.63, 3.8) is 0 Å². The van der Waals surface area contributed by atoms with Crippen molar-refractivity contribution in [1.82, 2.24) is 0 Å². The molecular formula is C19H23NO2. The Balaban J connectivity index is 2.36. The number of aliphatic hydroxyl groups excluding tert-OH is 1. The summed E-state index contributed by atoms with van der Waals surface area (Å²) in [5, 5.41) is 9.14. The monoisotopic (exact) mass is 297 g/mol. The van der Waals surface area contributed by atoms with E-state index >= 15 is 0 Å². The average molecular weight is 297 g/mol. The van der Waals surface area contributed by atoms with Crippen molar-refractivity contribution < 1.29 is 9.84 Å². The van der Waals surface area contributed by atoms with Gasteiger partial charge in [-0.05, 0) is 47.4 Å². The summed E-state index contributed by atoms with van der Waals surface area (Å²) in [5.41, 5.74) is 4.55. The molecule has 0 aliphatic carbocycles. The number of anilines is 1. The maximum atomic E-state index is 9.14. The molecule has 22 heavy (non-hydrogen) atoms. The Labute approximate surface area is 132 Å². The molecule has 0 atom stereocenters. The van der Waals surface area contributed by atoms with E-state index in [1.807, 2.05) is 38.4 Å². The van der Waals surface area contributed by atoms with Gasteiger partial charge >= 0.3 is 0 Å². The molecule has 1 N–H and O–H groups in total. The van der Waals surface area contributed by atoms with E-state index in [-0.39, 0.29) is 6.61 Å². The van der Waals surface area contributed by atoms with Crippen molar-refractivity contribution in [2.75, 3.05) is 32.7 Å². The summed E-state index contributed by atoms with van der Waals surface area (Å²) in [6.07, 6.45) is 2.71. The van der Waals surface area contributed by atoms with Crippen LogP contribution in [0.4, 0.5) is 5.69 Å². The SMILES string of the molecule is COc1ccc(/C(=C\CCO)c2ccc(N(C)C)cc2)cc1. The van der Waals surface area contributed by atoms with Crippen LogP contribution in [0.2, 0.25) is 0 Å². The fourth-order valence-corrected chi connectivity index (χ4v) is 2.32. The van der Waals surface area contributed by atoms with Gasteiger partial charge in [0.1, 0.15) is 5.75 Å². The van der Waals surface area contributed by atoms with Gasteiger partial charge < -0.3 is 14.7 Å². The third kappa shape index (κ3) is 3.89. The zero-order chi connectivity index (χ0) is 15.9. The highest BCUT2D eigenvalue weighted by molar-refractivity contribution is 5.80. The van der Waals surface area contributed by atoms with Gasteiger partial charge in [-0.3, -0.25) is 0 Å². The maximum Gasteiger partial charge on any atom is 0.118 e. The van der Waals surface area contributed by atoms with Crippen LogP contribution in [-0.4, -0.2) is 32.9 Å². The summed E-state index contributed by atoms with van der Waals surface area (Å²) in [7, 11) is 5.72. The van der Waals surface area contributed by atoms with E-state index in [1.54, 1.807) is 7.11 Å². The lowest BCUT2D eigenvalue weighted by Gasteiger charge is -2.14. The number of ether oxygens (including phenoxy) is 1. The Hall–Kier alpha value is -2.26. The summed E-state index contributed by atoms with van der Waals surface area (Å²) < 4.78 is 5.21. The first kappa shape index (κ1) is 16.1. The normalized spacial score (nSPS) is 11.4. The Kier molecular flexibility index (Phi) is 5.61. The second-order valence-corrected chi connectivity index (χ2v) is 5.30. The van der Waals surface area contributed by atoms with Crippen LogP contribution in [0.3, 0.4) is 0 Å². The predicted molar refractivity (Wildman–Crippen MR) is 92.5 cm³/mol. The quantitative estimate of drug-likeness (QED) is 0.884. The number of methoxy groups -OCH3 is 1. The van der Waals surface area contributed by atoms with Gasteiger partial charge in [-0.15, -0.1) is 0 Å². The number of nitrogens with zero attached hydrogens (tertiary/aromatic N) is 1. The van der Waals surface area contributed by atoms with E-state index < -0.39 is 0 Å². The largest absolute Gasteiger partial charge is 0.497 e. The zero-order valence-electron chi connectivity index (χ0n) is 13.4. The molecule has 3 nitrogen and oxygen atoms in total. The highest BCUT2D eigenvalue weighted by Crippen LogP contribution is 2.27. The topological polar surface area (TPSA) is 32.7 Å². The van der Waals surface area contributed by atoms with Crippen LogP contribution < -0.4 is 9.64 Å². The van der Waals surface area contributed by atoms with Crippen LogP contribution in [0.15, 0.2) is 54.6 Å². The molecule has 0 aliphatic heterocycles. The van der Waals surface area contributed by atoms with Gasteiger partial charge in [-0.1, -0.05) is 30.3 Å². The molecule has 0 aliphatic rings. The second kappa shape index (κ2) is 7.66. The molecule has 2 rings (SSSR count). The maximum absolute atomic E-state index is 9.14. The first-order valence-corrected chi connectivity index (χ1v) is 7.39. The lowest BCUT2D eigenvalue weighted by molar-refractivity contribution is 0.303. The molecule has 0 saturated carbocycles. The van der Waals surface area contributed by atoms with Crippen LogP contribution in [0.25, 0.3) is 5.57 Å². The third-order valence-corrected chi connectivity index (χ3v) is 3.57. The van der Waals surface area contributed by atoms with Crippen molar-refractivity contribution in [3.05, 3.63) is 65.7 Å². The van der Waals surface area contributed by atoms with Crippen molar-refractivity contribution >= 4 is 11.3 Å². The smallest absolute Gasteiger partial charge is 0.118 e. The number of aliphatic hydroxyl groups is 1. The lowest BCUT2D eigenvalue weighted by Crippen LogP contribution is -2.08. The zero-order valence-corrected chi connectivity index (χ0v) is 13.4. The summed E-state index contributed by atoms with van der Waals surface area (Å²) in [5.74, 6) is 0.841. The molecular weight excluding hydrogens is 274 g/mol. The molecule has 2 aromatic rings. The van der Waals surface area contributed by atoms with E-state index in [0.717, 1.165) is 22.4 Å². The fraction of sp³-hybridized carbons (Fsp3) is 0.263. The van der Waals surface area contributed by atoms with Gasteiger partial charge in [0.15, 0.2) is 0 Å². The Bertz CT molecular complexity index is 613. The Morgan fingerprint density at radius 1 is 1.00 bits per heavy atom. The molecule has 2 aromatic carbocycles. The van der Waals surface area contributed by atoms with Crippen LogP contribution in [0, 0.1) is 0 Å². The van der Waals surface area contributed by atoms with Crippen molar-refractivity contribution in [1.29, 1.82) is 0 Å². The predicted octanol–water partition coefficient (Wildman–Crippen LogP) is 3.58. The molecule has 0 unspecified atom stereocenters. The lowest BCUT2D eigenvalue weighted by atomic mass is 9.96. The van der Waals surface area contributed by atoms with Gasteiger partial charge in [-0.2, -0.15) is 0 Å². The van der Waals surface area contributed by atoms with Crippen molar-refractivity contribution in [2.45, 2.75) is 6.42 Å². The van der Waals surface area contributed by atoms with Crippen LogP contribution in [0.5, 0.6) is 5.75 Å². The minimum absolute atomic E-state index is 0.148. The molecule has 0 radical (unpaired) electrons. The second-order valence-electron chi connectivity index (χ2n) is 5.30. The van der Waals surface area contributed by atoms with Crippen LogP contribution in [0.1, 0.15) is 17.5 Å². The number of rotatable bonds is 6. The summed E-state index contributed by atoms with van der Waals surface area (Å²) in [6.45, 7) is 0.148. The van der Waals surface area contributed by atoms with Crippen LogP contribution in [-0.2, 0) is 0 Å².